The van der Waals surface area contributed by atoms with Crippen LogP contribution in [0.25, 0.3) is 5.69 Å². The Kier molecular flexibility index (Phi) is 12.8. The number of nitrogens with one attached hydrogen (secondary N) is 3. The number of benzene rings is 3. The average Bonchev–Trinajstić information content (AvgIpc) is 3.16. The summed E-state index contributed by atoms with van der Waals surface area (Å²) in [4.78, 5) is 64.6. The first-order chi connectivity index (χ1) is 26.8. The molecule has 17 heteroatoms. The maximum atomic E-state index is 15.4. The standard InChI is InChI=1S/C40H45F2N5O9S/c1-23-24(2)46(6)39(52)47(36(23)49)27-12-7-25(8-13-27)9-16-33(37(50)56-28-17-19-55-20-18-28)44-35(48)30-21-32(42)34(22-31(30)41)45-57(53,54)29-14-10-26(11-15-29)43-38(51)40(3,4)5/h7-8,10-15,21-22,28,33,45H,9,16-20H2,1-6H3,(H,43,51)(H,44,48)/t33-/m0/s1. The lowest BCUT2D eigenvalue weighted by molar-refractivity contribution is -0.155. The monoisotopic (exact) mass is 809 g/mol. The number of carbonyl (C=O) groups is 3. The van der Waals surface area contributed by atoms with Crippen LogP contribution in [0.1, 0.15) is 67.2 Å². The van der Waals surface area contributed by atoms with Gasteiger partial charge in [0.05, 0.1) is 35.0 Å². The molecule has 14 nitrogen and oxygen atoms in total. The molecule has 1 aliphatic rings. The lowest BCUT2D eigenvalue weighted by atomic mass is 9.95. The lowest BCUT2D eigenvalue weighted by Gasteiger charge is -2.25. The smallest absolute Gasteiger partial charge is 0.335 e. The van der Waals surface area contributed by atoms with Gasteiger partial charge in [-0.2, -0.15) is 0 Å². The Morgan fingerprint density at radius 2 is 1.58 bits per heavy atom. The largest absolute Gasteiger partial charge is 0.461 e. The first-order valence-corrected chi connectivity index (χ1v) is 19.7. The normalized spacial score (nSPS) is 14.1. The number of aromatic nitrogens is 2. The Morgan fingerprint density at radius 1 is 0.947 bits per heavy atom. The highest BCUT2D eigenvalue weighted by molar-refractivity contribution is 7.92. The van der Waals surface area contributed by atoms with Crippen LogP contribution in [0.5, 0.6) is 0 Å². The summed E-state index contributed by atoms with van der Waals surface area (Å²) in [7, 11) is -2.87. The van der Waals surface area contributed by atoms with Gasteiger partial charge in [-0.25, -0.2) is 31.4 Å². The van der Waals surface area contributed by atoms with Crippen molar-refractivity contribution < 1.29 is 41.1 Å². The minimum Gasteiger partial charge on any atom is -0.461 e. The maximum absolute atomic E-state index is 15.4. The summed E-state index contributed by atoms with van der Waals surface area (Å²) in [5.41, 5.74) is -0.933. The van der Waals surface area contributed by atoms with E-state index in [1.165, 1.54) is 28.8 Å². The Labute approximate surface area is 328 Å². The van der Waals surface area contributed by atoms with Crippen LogP contribution >= 0.6 is 0 Å². The second-order valence-electron chi connectivity index (χ2n) is 14.8. The lowest BCUT2D eigenvalue weighted by Crippen LogP contribution is -2.44. The summed E-state index contributed by atoms with van der Waals surface area (Å²) in [6.45, 7) is 9.18. The molecule has 0 aliphatic carbocycles. The summed E-state index contributed by atoms with van der Waals surface area (Å²) in [5, 5.41) is 5.10. The average molecular weight is 810 g/mol. The first-order valence-electron chi connectivity index (χ1n) is 18.2. The van der Waals surface area contributed by atoms with E-state index >= 15 is 8.78 Å². The Hall–Kier alpha value is -5.68. The van der Waals surface area contributed by atoms with Gasteiger partial charge >= 0.3 is 11.7 Å². The summed E-state index contributed by atoms with van der Waals surface area (Å²) in [5.74, 6) is -4.78. The molecule has 4 aromatic rings. The number of sulfonamides is 1. The van der Waals surface area contributed by atoms with Gasteiger partial charge in [-0.05, 0) is 74.7 Å². The van der Waals surface area contributed by atoms with Crippen molar-refractivity contribution in [2.75, 3.05) is 23.3 Å². The van der Waals surface area contributed by atoms with Crippen LogP contribution in [0.3, 0.4) is 0 Å². The third kappa shape index (κ3) is 10.0. The van der Waals surface area contributed by atoms with E-state index in [-0.39, 0.29) is 23.6 Å². The van der Waals surface area contributed by atoms with E-state index in [0.29, 0.717) is 66.4 Å². The second kappa shape index (κ2) is 17.2. The van der Waals surface area contributed by atoms with E-state index in [1.807, 2.05) is 4.72 Å². The molecule has 304 valence electrons. The van der Waals surface area contributed by atoms with Crippen LogP contribution in [0.4, 0.5) is 20.2 Å². The van der Waals surface area contributed by atoms with Crippen molar-refractivity contribution >= 4 is 39.2 Å². The summed E-state index contributed by atoms with van der Waals surface area (Å²) >= 11 is 0. The molecule has 3 aromatic carbocycles. The van der Waals surface area contributed by atoms with Gasteiger partial charge in [0, 0.05) is 48.3 Å². The van der Waals surface area contributed by atoms with Gasteiger partial charge in [0.15, 0.2) is 0 Å². The quantitative estimate of drug-likeness (QED) is 0.171. The van der Waals surface area contributed by atoms with Gasteiger partial charge in [0.2, 0.25) is 5.91 Å². The zero-order valence-corrected chi connectivity index (χ0v) is 33.2. The van der Waals surface area contributed by atoms with Crippen molar-refractivity contribution in [2.24, 2.45) is 12.5 Å². The molecule has 1 aromatic heterocycles. The number of aryl methyl sites for hydroxylation is 1. The van der Waals surface area contributed by atoms with Crippen molar-refractivity contribution in [1.82, 2.24) is 14.5 Å². The van der Waals surface area contributed by atoms with Crippen LogP contribution in [-0.2, 0) is 42.6 Å². The van der Waals surface area contributed by atoms with E-state index in [9.17, 15) is 32.4 Å². The Balaban J connectivity index is 1.31. The van der Waals surface area contributed by atoms with E-state index < -0.39 is 73.6 Å². The molecule has 5 rings (SSSR count). The van der Waals surface area contributed by atoms with E-state index in [0.717, 1.165) is 4.57 Å². The SMILES string of the molecule is Cc1c(C)n(C)c(=O)n(-c2ccc(CC[C@H](NC(=O)c3cc(F)c(NS(=O)(=O)c4ccc(NC(=O)C(C)(C)C)cc4)cc3F)C(=O)OC3CCOCC3)cc2)c1=O. The third-order valence-corrected chi connectivity index (χ3v) is 11.0. The molecule has 3 N–H and O–H groups in total. The first kappa shape index (κ1) is 42.5. The Bertz CT molecular complexity index is 2360. The van der Waals surface area contributed by atoms with Crippen LogP contribution in [0.15, 0.2) is 75.1 Å². The van der Waals surface area contributed by atoms with E-state index in [1.54, 1.807) is 65.9 Å². The zero-order chi connectivity index (χ0) is 41.8. The van der Waals surface area contributed by atoms with Gasteiger partial charge in [0.1, 0.15) is 23.8 Å². The number of esters is 1. The highest BCUT2D eigenvalue weighted by Crippen LogP contribution is 2.25. The molecule has 57 heavy (non-hydrogen) atoms. The van der Waals surface area contributed by atoms with Crippen molar-refractivity contribution in [3.63, 3.8) is 0 Å². The summed E-state index contributed by atoms with van der Waals surface area (Å²) in [6, 6.07) is 11.3. The molecule has 2 amide bonds. The number of carbonyl (C=O) groups excluding carboxylic acids is 3. The number of ether oxygens (including phenoxy) is 2. The number of amides is 2. The zero-order valence-electron chi connectivity index (χ0n) is 32.4. The molecular formula is C40H45F2N5O9S. The van der Waals surface area contributed by atoms with Crippen molar-refractivity contribution in [3.05, 3.63) is 116 Å². The predicted octanol–water partition coefficient (Wildman–Crippen LogP) is 4.67. The number of rotatable bonds is 12. The molecule has 2 heterocycles. The van der Waals surface area contributed by atoms with Gasteiger partial charge in [-0.15, -0.1) is 0 Å². The number of halogens is 2. The fourth-order valence-electron chi connectivity index (χ4n) is 5.87. The van der Waals surface area contributed by atoms with Crippen molar-refractivity contribution in [3.8, 4) is 5.69 Å². The van der Waals surface area contributed by atoms with Crippen molar-refractivity contribution in [1.29, 1.82) is 0 Å². The molecule has 0 saturated carbocycles. The molecule has 0 radical (unpaired) electrons. The summed E-state index contributed by atoms with van der Waals surface area (Å²) in [6.07, 6.45) is 0.540. The molecule has 1 fully saturated rings. The van der Waals surface area contributed by atoms with Gasteiger partial charge in [0.25, 0.3) is 21.5 Å². The van der Waals surface area contributed by atoms with Gasteiger partial charge < -0.3 is 24.7 Å². The maximum Gasteiger partial charge on any atom is 0.335 e. The number of anilines is 2. The van der Waals surface area contributed by atoms with Crippen molar-refractivity contribution in [2.45, 2.75) is 77.3 Å². The fourth-order valence-corrected chi connectivity index (χ4v) is 6.93. The highest BCUT2D eigenvalue weighted by atomic mass is 32.2. The van der Waals surface area contributed by atoms with Crippen LogP contribution in [0, 0.1) is 30.9 Å². The van der Waals surface area contributed by atoms with E-state index in [2.05, 4.69) is 10.6 Å². The molecule has 0 bridgehead atoms. The molecule has 0 spiro atoms. The number of nitrogens with zero attached hydrogens (tertiary/aromatic N) is 2. The van der Waals surface area contributed by atoms with Crippen LogP contribution in [-0.4, -0.2) is 60.7 Å². The number of hydrogen-bond donors (Lipinski definition) is 3. The molecule has 1 atom stereocenters. The summed E-state index contributed by atoms with van der Waals surface area (Å²) < 4.78 is 72.3. The molecule has 0 unspecified atom stereocenters. The van der Waals surface area contributed by atoms with Gasteiger partial charge in [-0.3, -0.25) is 19.1 Å². The Morgan fingerprint density at radius 3 is 2.19 bits per heavy atom. The molecule has 1 aliphatic heterocycles. The molecule has 1 saturated heterocycles. The topological polar surface area (TPSA) is 184 Å². The van der Waals surface area contributed by atoms with Gasteiger partial charge in [-0.1, -0.05) is 32.9 Å². The van der Waals surface area contributed by atoms with E-state index in [4.69, 9.17) is 9.47 Å². The minimum absolute atomic E-state index is 0.0286. The van der Waals surface area contributed by atoms with Crippen LogP contribution < -0.4 is 26.6 Å². The number of hydrogen-bond acceptors (Lipinski definition) is 9. The van der Waals surface area contributed by atoms with Crippen LogP contribution in [0.2, 0.25) is 0 Å². The predicted molar refractivity (Wildman–Crippen MR) is 208 cm³/mol. The second-order valence-corrected chi connectivity index (χ2v) is 16.5. The fraction of sp³-hybridized carbons (Fsp3) is 0.375. The third-order valence-electron chi connectivity index (χ3n) is 9.65. The minimum atomic E-state index is -4.44. The highest BCUT2D eigenvalue weighted by Gasteiger charge is 2.29. The molecular weight excluding hydrogens is 765 g/mol.